The van der Waals surface area contributed by atoms with Crippen molar-refractivity contribution in [1.29, 1.82) is 0 Å². The molecule has 0 aliphatic carbocycles. The van der Waals surface area contributed by atoms with Crippen LogP contribution in [0.25, 0.3) is 0 Å². The van der Waals surface area contributed by atoms with Gasteiger partial charge in [-0.15, -0.1) is 11.3 Å². The lowest BCUT2D eigenvalue weighted by Crippen LogP contribution is -2.48. The van der Waals surface area contributed by atoms with Crippen molar-refractivity contribution in [2.75, 3.05) is 10.7 Å². The Hall–Kier alpha value is -0.136. The fourth-order valence-electron chi connectivity index (χ4n) is 3.62. The van der Waals surface area contributed by atoms with Gasteiger partial charge in [-0.2, -0.15) is 0 Å². The second-order valence-corrected chi connectivity index (χ2v) is 17.0. The van der Waals surface area contributed by atoms with E-state index in [4.69, 9.17) is 0 Å². The molecule has 5 heteroatoms. The average molecular weight is 299 g/mol. The van der Waals surface area contributed by atoms with Gasteiger partial charge in [0.25, 0.3) is 0 Å². The summed E-state index contributed by atoms with van der Waals surface area (Å²) in [5.74, 6) is 1.30. The predicted molar refractivity (Wildman–Crippen MR) is 87.7 cm³/mol. The van der Waals surface area contributed by atoms with E-state index in [1.165, 1.54) is 36.2 Å². The van der Waals surface area contributed by atoms with Crippen molar-refractivity contribution in [1.82, 2.24) is 4.98 Å². The van der Waals surface area contributed by atoms with Gasteiger partial charge in [0.15, 0.2) is 8.24 Å². The quantitative estimate of drug-likeness (QED) is 0.743. The highest BCUT2D eigenvalue weighted by molar-refractivity contribution is 7.08. The number of nitrogens with zero attached hydrogens (tertiary/aromatic N) is 2. The minimum atomic E-state index is -1.25. The zero-order valence-electron chi connectivity index (χ0n) is 12.2. The standard InChI is InChI=1S/C13H26N2SSi2/c1-5-17(6-2)11-15(13-9-16-10-14-13)18(7-3,8-4)12-17/h9-10H,5-8,11-12H2,1-4H3. The molecule has 0 unspecified atom stereocenters. The smallest absolute Gasteiger partial charge is 0.155 e. The fourth-order valence-corrected chi connectivity index (χ4v) is 21.0. The molecule has 0 aromatic carbocycles. The van der Waals surface area contributed by atoms with Gasteiger partial charge in [0.1, 0.15) is 5.82 Å². The average Bonchev–Trinajstić information content (AvgIpc) is 3.05. The largest absolute Gasteiger partial charge is 0.385 e. The van der Waals surface area contributed by atoms with Gasteiger partial charge in [-0.3, -0.25) is 0 Å². The van der Waals surface area contributed by atoms with Gasteiger partial charge in [0.05, 0.1) is 13.6 Å². The molecule has 0 amide bonds. The van der Waals surface area contributed by atoms with Crippen LogP contribution in [0.1, 0.15) is 27.7 Å². The number of aromatic nitrogens is 1. The zero-order valence-corrected chi connectivity index (χ0v) is 15.0. The molecule has 2 rings (SSSR count). The summed E-state index contributed by atoms with van der Waals surface area (Å²) >= 11 is 1.75. The Labute approximate surface area is 118 Å². The Morgan fingerprint density at radius 2 is 1.83 bits per heavy atom. The van der Waals surface area contributed by atoms with Crippen LogP contribution in [0.5, 0.6) is 0 Å². The van der Waals surface area contributed by atoms with E-state index < -0.39 is 16.3 Å². The molecule has 0 radical (unpaired) electrons. The van der Waals surface area contributed by atoms with Crippen LogP contribution in [0.3, 0.4) is 0 Å². The van der Waals surface area contributed by atoms with Crippen LogP contribution in [0.2, 0.25) is 29.8 Å². The van der Waals surface area contributed by atoms with Crippen LogP contribution in [-0.4, -0.2) is 27.5 Å². The first-order valence-electron chi connectivity index (χ1n) is 7.31. The first kappa shape index (κ1) is 14.3. The van der Waals surface area contributed by atoms with Gasteiger partial charge < -0.3 is 4.57 Å². The normalized spacial score (nSPS) is 21.4. The van der Waals surface area contributed by atoms with Gasteiger partial charge >= 0.3 is 0 Å². The molecule has 1 saturated heterocycles. The Morgan fingerprint density at radius 1 is 1.17 bits per heavy atom. The molecule has 1 aromatic rings. The van der Waals surface area contributed by atoms with Crippen LogP contribution in [0.15, 0.2) is 10.9 Å². The van der Waals surface area contributed by atoms with Crippen molar-refractivity contribution >= 4 is 33.5 Å². The van der Waals surface area contributed by atoms with Crippen molar-refractivity contribution in [2.45, 2.75) is 57.5 Å². The molecular weight excluding hydrogens is 272 g/mol. The summed E-state index contributed by atoms with van der Waals surface area (Å²) in [5, 5.41) is 2.27. The van der Waals surface area contributed by atoms with Crippen LogP contribution < -0.4 is 4.57 Å². The second-order valence-electron chi connectivity index (χ2n) is 5.75. The summed E-state index contributed by atoms with van der Waals surface area (Å²) in [4.78, 5) is 4.62. The molecule has 1 aromatic heterocycles. The molecule has 0 atom stereocenters. The van der Waals surface area contributed by atoms with Gasteiger partial charge in [0.2, 0.25) is 0 Å². The third-order valence-corrected chi connectivity index (χ3v) is 20.0. The van der Waals surface area contributed by atoms with E-state index in [-0.39, 0.29) is 0 Å². The van der Waals surface area contributed by atoms with E-state index in [0.717, 1.165) is 0 Å². The number of thiazole rings is 1. The van der Waals surface area contributed by atoms with Crippen molar-refractivity contribution < 1.29 is 0 Å². The molecule has 1 fully saturated rings. The predicted octanol–water partition coefficient (Wildman–Crippen LogP) is 4.52. The van der Waals surface area contributed by atoms with Crippen LogP contribution >= 0.6 is 11.3 Å². The molecule has 18 heavy (non-hydrogen) atoms. The summed E-state index contributed by atoms with van der Waals surface area (Å²) < 4.78 is 2.81. The van der Waals surface area contributed by atoms with Gasteiger partial charge in [-0.25, -0.2) is 4.98 Å². The summed E-state index contributed by atoms with van der Waals surface area (Å²) in [6, 6.07) is 5.71. The number of rotatable bonds is 5. The lowest BCUT2D eigenvalue weighted by molar-refractivity contribution is 1.08. The molecule has 102 valence electrons. The van der Waals surface area contributed by atoms with Crippen molar-refractivity contribution in [2.24, 2.45) is 0 Å². The SMILES string of the molecule is CC[Si]1(CC)CN(c2cscn2)[Si](CC)(CC)C1. The van der Waals surface area contributed by atoms with Crippen molar-refractivity contribution in [3.8, 4) is 0 Å². The summed E-state index contributed by atoms with van der Waals surface area (Å²) in [6.07, 6.45) is 1.39. The van der Waals surface area contributed by atoms with E-state index in [1.54, 1.807) is 17.0 Å². The Morgan fingerprint density at radius 3 is 2.28 bits per heavy atom. The Balaban J connectivity index is 2.37. The van der Waals surface area contributed by atoms with Gasteiger partial charge in [0, 0.05) is 11.5 Å². The highest BCUT2D eigenvalue weighted by Crippen LogP contribution is 2.43. The highest BCUT2D eigenvalue weighted by atomic mass is 32.1. The highest BCUT2D eigenvalue weighted by Gasteiger charge is 2.53. The summed E-state index contributed by atoms with van der Waals surface area (Å²) in [6.45, 7) is 9.71. The first-order valence-corrected chi connectivity index (χ1v) is 13.6. The maximum absolute atomic E-state index is 4.62. The molecule has 2 nitrogen and oxygen atoms in total. The fraction of sp³-hybridized carbons (Fsp3) is 0.769. The Bertz CT molecular complexity index is 372. The van der Waals surface area contributed by atoms with Crippen LogP contribution in [0, 0.1) is 0 Å². The number of hydrogen-bond donors (Lipinski definition) is 0. The molecule has 0 bridgehead atoms. The molecule has 0 spiro atoms. The molecule has 2 heterocycles. The summed E-state index contributed by atoms with van der Waals surface area (Å²) in [5.41, 5.74) is 3.61. The molecule has 1 aliphatic rings. The van der Waals surface area contributed by atoms with Crippen molar-refractivity contribution in [3.05, 3.63) is 10.9 Å². The maximum Gasteiger partial charge on any atom is 0.155 e. The van der Waals surface area contributed by atoms with E-state index in [2.05, 4.69) is 42.6 Å². The molecule has 0 N–H and O–H groups in total. The third kappa shape index (κ3) is 2.21. The van der Waals surface area contributed by atoms with Crippen molar-refractivity contribution in [3.63, 3.8) is 0 Å². The first-order chi connectivity index (χ1) is 8.65. The van der Waals surface area contributed by atoms with E-state index >= 15 is 0 Å². The minimum Gasteiger partial charge on any atom is -0.385 e. The topological polar surface area (TPSA) is 16.1 Å². The number of hydrogen-bond acceptors (Lipinski definition) is 3. The molecule has 1 aliphatic heterocycles. The van der Waals surface area contributed by atoms with E-state index in [1.807, 2.05) is 5.51 Å². The van der Waals surface area contributed by atoms with E-state index in [9.17, 15) is 0 Å². The molecule has 0 saturated carbocycles. The lowest BCUT2D eigenvalue weighted by atomic mass is 10.8. The van der Waals surface area contributed by atoms with Gasteiger partial charge in [-0.05, 0) is 17.8 Å². The lowest BCUT2D eigenvalue weighted by Gasteiger charge is -2.35. The monoisotopic (exact) mass is 298 g/mol. The zero-order chi connectivity index (χ0) is 13.2. The van der Waals surface area contributed by atoms with Gasteiger partial charge in [-0.1, -0.05) is 39.8 Å². The Kier molecular flexibility index (Phi) is 4.34. The molecular formula is C13H26N2SSi2. The number of anilines is 1. The second kappa shape index (κ2) is 5.47. The van der Waals surface area contributed by atoms with Crippen LogP contribution in [0.4, 0.5) is 5.82 Å². The minimum absolute atomic E-state index is 1.02. The van der Waals surface area contributed by atoms with Crippen LogP contribution in [-0.2, 0) is 0 Å². The maximum atomic E-state index is 4.62. The van der Waals surface area contributed by atoms with E-state index in [0.29, 0.717) is 0 Å². The third-order valence-electron chi connectivity index (χ3n) is 5.28. The summed E-state index contributed by atoms with van der Waals surface area (Å²) in [7, 11) is -2.28.